The van der Waals surface area contributed by atoms with E-state index in [4.69, 9.17) is 11.5 Å². The lowest BCUT2D eigenvalue weighted by Gasteiger charge is -2.22. The lowest BCUT2D eigenvalue weighted by atomic mass is 9.81. The number of nitrogens with two attached hydrogens (primary N) is 3. The van der Waals surface area contributed by atoms with E-state index in [1.54, 1.807) is 30.3 Å². The third-order valence-corrected chi connectivity index (χ3v) is 3.87. The van der Waals surface area contributed by atoms with Gasteiger partial charge in [0.2, 0.25) is 0 Å². The largest absolute Gasteiger partial charge is 0.398 e. The number of fused-ring (bicyclic) bond motifs is 2. The summed E-state index contributed by atoms with van der Waals surface area (Å²) >= 11 is 0. The van der Waals surface area contributed by atoms with E-state index in [0.29, 0.717) is 22.5 Å². The first-order valence-corrected chi connectivity index (χ1v) is 7.53. The van der Waals surface area contributed by atoms with Crippen LogP contribution in [-0.2, 0) is 6.42 Å². The second-order valence-electron chi connectivity index (χ2n) is 5.24. The Labute approximate surface area is 135 Å². The van der Waals surface area contributed by atoms with Crippen LogP contribution < -0.4 is 17.2 Å². The second-order valence-corrected chi connectivity index (χ2v) is 5.24. The predicted octanol–water partition coefficient (Wildman–Crippen LogP) is 2.15. The van der Waals surface area contributed by atoms with E-state index in [-0.39, 0.29) is 22.7 Å². The van der Waals surface area contributed by atoms with Crippen LogP contribution in [0.3, 0.4) is 0 Å². The summed E-state index contributed by atoms with van der Waals surface area (Å²) in [5.74, 6) is -0.449. The quantitative estimate of drug-likeness (QED) is 0.628. The molecule has 0 aliphatic heterocycles. The van der Waals surface area contributed by atoms with Crippen molar-refractivity contribution >= 4 is 22.9 Å². The Balaban J connectivity index is 0.000000924. The minimum atomic E-state index is -0.229. The maximum atomic E-state index is 12.7. The van der Waals surface area contributed by atoms with Gasteiger partial charge < -0.3 is 17.2 Å². The molecule has 1 aliphatic carbocycles. The van der Waals surface area contributed by atoms with Crippen molar-refractivity contribution in [3.8, 4) is 0 Å². The Morgan fingerprint density at radius 1 is 0.913 bits per heavy atom. The number of hydrogen-bond donors (Lipinski definition) is 3. The van der Waals surface area contributed by atoms with Crippen molar-refractivity contribution in [2.45, 2.75) is 19.8 Å². The van der Waals surface area contributed by atoms with Crippen molar-refractivity contribution in [2.24, 2.45) is 5.73 Å². The molecular formula is C18H21N3O2. The first-order valence-electron chi connectivity index (χ1n) is 7.53. The third-order valence-electron chi connectivity index (χ3n) is 3.87. The Morgan fingerprint density at radius 3 is 1.96 bits per heavy atom. The number of carbonyl (C=O) groups is 2. The molecule has 0 bridgehead atoms. The molecule has 6 N–H and O–H groups in total. The first kappa shape index (κ1) is 16.7. The van der Waals surface area contributed by atoms with E-state index < -0.39 is 0 Å². The number of ketones is 2. The van der Waals surface area contributed by atoms with Crippen LogP contribution in [0.1, 0.15) is 50.8 Å². The number of hydrogen-bond acceptors (Lipinski definition) is 5. The molecule has 0 aromatic heterocycles. The van der Waals surface area contributed by atoms with Gasteiger partial charge in [0.15, 0.2) is 11.6 Å². The molecule has 23 heavy (non-hydrogen) atoms. The highest BCUT2D eigenvalue weighted by Crippen LogP contribution is 2.36. The molecular weight excluding hydrogens is 290 g/mol. The zero-order valence-electron chi connectivity index (χ0n) is 13.3. The summed E-state index contributed by atoms with van der Waals surface area (Å²) < 4.78 is 0. The molecule has 0 spiro atoms. The van der Waals surface area contributed by atoms with Gasteiger partial charge >= 0.3 is 0 Å². The summed E-state index contributed by atoms with van der Waals surface area (Å²) in [6.07, 6.45) is 1.62. The number of aryl methyl sites for hydroxylation is 1. The van der Waals surface area contributed by atoms with E-state index in [0.717, 1.165) is 18.4 Å². The standard InChI is InChI=1S/C17H16N2O2.CH5N/c1-2-5-9-8-12(18)13-14(15(9)19)17(21)11-7-4-3-6-10(11)16(13)20;1-2/h3-4,6-8H,2,5,18-19H2,1H3;2H2,1H3. The molecule has 5 heteroatoms. The summed E-state index contributed by atoms with van der Waals surface area (Å²) in [4.78, 5) is 25.3. The number of nitrogen functional groups attached to an aromatic ring is 2. The molecule has 1 aliphatic rings. The van der Waals surface area contributed by atoms with Crippen molar-refractivity contribution in [1.82, 2.24) is 0 Å². The van der Waals surface area contributed by atoms with Gasteiger partial charge in [0.1, 0.15) is 0 Å². The Morgan fingerprint density at radius 2 is 1.43 bits per heavy atom. The molecule has 0 atom stereocenters. The lowest BCUT2D eigenvalue weighted by Crippen LogP contribution is -2.24. The summed E-state index contributed by atoms with van der Waals surface area (Å²) in [5.41, 5.74) is 19.5. The van der Waals surface area contributed by atoms with Crippen molar-refractivity contribution in [3.05, 3.63) is 58.1 Å². The molecule has 0 unspecified atom stereocenters. The Kier molecular flexibility index (Phi) is 4.81. The highest BCUT2D eigenvalue weighted by molar-refractivity contribution is 6.31. The second kappa shape index (κ2) is 6.62. The normalized spacial score (nSPS) is 12.1. The number of anilines is 2. The molecule has 3 rings (SSSR count). The van der Waals surface area contributed by atoms with Gasteiger partial charge in [0.25, 0.3) is 0 Å². The maximum Gasteiger partial charge on any atom is 0.196 e. The monoisotopic (exact) mass is 311 g/mol. The fourth-order valence-electron chi connectivity index (χ4n) is 2.88. The minimum Gasteiger partial charge on any atom is -0.398 e. The van der Waals surface area contributed by atoms with E-state index in [9.17, 15) is 9.59 Å². The Hall–Kier alpha value is -2.66. The van der Waals surface area contributed by atoms with Gasteiger partial charge in [-0.15, -0.1) is 0 Å². The first-order chi connectivity index (χ1) is 11.1. The van der Waals surface area contributed by atoms with Gasteiger partial charge in [-0.2, -0.15) is 0 Å². The molecule has 0 saturated heterocycles. The summed E-state index contributed by atoms with van der Waals surface area (Å²) in [6.45, 7) is 2.03. The summed E-state index contributed by atoms with van der Waals surface area (Å²) in [7, 11) is 1.50. The van der Waals surface area contributed by atoms with Crippen LogP contribution in [0.5, 0.6) is 0 Å². The summed E-state index contributed by atoms with van der Waals surface area (Å²) in [5, 5.41) is 0. The van der Waals surface area contributed by atoms with Crippen LogP contribution in [-0.4, -0.2) is 18.6 Å². The van der Waals surface area contributed by atoms with Gasteiger partial charge in [-0.25, -0.2) is 0 Å². The zero-order valence-corrected chi connectivity index (χ0v) is 13.3. The average Bonchev–Trinajstić information content (AvgIpc) is 2.57. The minimum absolute atomic E-state index is 0.220. The van der Waals surface area contributed by atoms with Crippen LogP contribution >= 0.6 is 0 Å². The van der Waals surface area contributed by atoms with Crippen LogP contribution in [0.25, 0.3) is 0 Å². The number of carbonyl (C=O) groups excluding carboxylic acids is 2. The van der Waals surface area contributed by atoms with Crippen LogP contribution in [0, 0.1) is 0 Å². The third kappa shape index (κ3) is 2.59. The molecule has 0 fully saturated rings. The van der Waals surface area contributed by atoms with E-state index in [2.05, 4.69) is 5.73 Å². The van der Waals surface area contributed by atoms with Crippen molar-refractivity contribution in [3.63, 3.8) is 0 Å². The average molecular weight is 311 g/mol. The maximum absolute atomic E-state index is 12.7. The fraction of sp³-hybridized carbons (Fsp3) is 0.222. The van der Waals surface area contributed by atoms with Gasteiger partial charge in [0.05, 0.1) is 11.1 Å². The topological polar surface area (TPSA) is 112 Å². The Bertz CT molecular complexity index is 782. The molecule has 0 radical (unpaired) electrons. The van der Waals surface area contributed by atoms with Crippen LogP contribution in [0.4, 0.5) is 11.4 Å². The molecule has 5 nitrogen and oxygen atoms in total. The molecule has 2 aromatic carbocycles. The van der Waals surface area contributed by atoms with E-state index in [1.807, 2.05) is 6.92 Å². The number of rotatable bonds is 2. The molecule has 2 aromatic rings. The van der Waals surface area contributed by atoms with Gasteiger partial charge in [-0.1, -0.05) is 37.6 Å². The molecule has 0 saturated carbocycles. The van der Waals surface area contributed by atoms with Crippen molar-refractivity contribution < 1.29 is 9.59 Å². The van der Waals surface area contributed by atoms with Crippen molar-refractivity contribution in [2.75, 3.05) is 18.5 Å². The smallest absolute Gasteiger partial charge is 0.196 e. The fourth-order valence-corrected chi connectivity index (χ4v) is 2.88. The van der Waals surface area contributed by atoms with Crippen LogP contribution in [0.15, 0.2) is 30.3 Å². The van der Waals surface area contributed by atoms with E-state index >= 15 is 0 Å². The van der Waals surface area contributed by atoms with Gasteiger partial charge in [-0.05, 0) is 25.1 Å². The van der Waals surface area contributed by atoms with E-state index in [1.165, 1.54) is 7.05 Å². The molecule has 0 amide bonds. The van der Waals surface area contributed by atoms with Crippen LogP contribution in [0.2, 0.25) is 0 Å². The lowest BCUT2D eigenvalue weighted by molar-refractivity contribution is 0.0980. The number of benzene rings is 2. The summed E-state index contributed by atoms with van der Waals surface area (Å²) in [6, 6.07) is 8.50. The molecule has 0 heterocycles. The predicted molar refractivity (Wildman–Crippen MR) is 92.7 cm³/mol. The van der Waals surface area contributed by atoms with Gasteiger partial charge in [-0.3, -0.25) is 9.59 Å². The van der Waals surface area contributed by atoms with Crippen molar-refractivity contribution in [1.29, 1.82) is 0 Å². The zero-order chi connectivity index (χ0) is 17.1. The highest BCUT2D eigenvalue weighted by atomic mass is 16.1. The SMILES string of the molecule is CCCc1cc(N)c2c(c1N)C(=O)c1ccccc1C2=O.CN. The van der Waals surface area contributed by atoms with Gasteiger partial charge in [0, 0.05) is 22.5 Å². The highest BCUT2D eigenvalue weighted by Gasteiger charge is 2.33. The molecule has 120 valence electrons.